The second kappa shape index (κ2) is 3.16. The van der Waals surface area contributed by atoms with Gasteiger partial charge in [0, 0.05) is 5.92 Å². The molecular weight excluding hydrogens is 192 g/mol. The average molecular weight is 200 g/mol. The number of hydrogen-bond acceptors (Lipinski definition) is 2. The molecule has 0 spiro atoms. The van der Waals surface area contributed by atoms with Gasteiger partial charge >= 0.3 is 12.1 Å². The third kappa shape index (κ3) is 2.57. The minimum absolute atomic E-state index is 0.513. The smallest absolute Gasteiger partial charge is 0.422 e. The predicted molar refractivity (Wildman–Crippen MR) is 34.6 cm³/mol. The van der Waals surface area contributed by atoms with Crippen molar-refractivity contribution in [3.63, 3.8) is 0 Å². The molecule has 0 aromatic heterocycles. The summed E-state index contributed by atoms with van der Waals surface area (Å²) in [5, 5.41) is 0. The van der Waals surface area contributed by atoms with Crippen LogP contribution in [0.5, 0.6) is 0 Å². The molecule has 1 saturated carbocycles. The molecule has 2 unspecified atom stereocenters. The van der Waals surface area contributed by atoms with Crippen LogP contribution < -0.4 is 0 Å². The van der Waals surface area contributed by atoms with Crippen LogP contribution in [0.2, 0.25) is 0 Å². The van der Waals surface area contributed by atoms with Gasteiger partial charge in [0.05, 0.1) is 5.92 Å². The lowest BCUT2D eigenvalue weighted by molar-refractivity contribution is -0.187. The van der Waals surface area contributed by atoms with Crippen molar-refractivity contribution in [1.82, 2.24) is 0 Å². The van der Waals surface area contributed by atoms with E-state index in [4.69, 9.17) is 0 Å². The van der Waals surface area contributed by atoms with Crippen molar-refractivity contribution in [3.05, 3.63) is 0 Å². The average Bonchev–Trinajstić information content (AvgIpc) is 2.54. The van der Waals surface area contributed by atoms with Crippen LogP contribution in [-0.4, -0.2) is 24.9 Å². The molecule has 0 aromatic carbocycles. The second-order valence-corrected chi connectivity index (χ2v) is 3.05. The molecule has 13 heavy (non-hydrogen) atoms. The summed E-state index contributed by atoms with van der Waals surface area (Å²) in [4.78, 5) is 10.7. The summed E-state index contributed by atoms with van der Waals surface area (Å²) in [6.45, 7) is -0.189. The van der Waals surface area contributed by atoms with Gasteiger partial charge in [-0.25, -0.2) is 4.39 Å². The lowest BCUT2D eigenvalue weighted by Gasteiger charge is -2.06. The molecule has 1 aliphatic rings. The zero-order chi connectivity index (χ0) is 10.2. The topological polar surface area (TPSA) is 26.3 Å². The Morgan fingerprint density at radius 2 is 1.92 bits per heavy atom. The van der Waals surface area contributed by atoms with Crippen LogP contribution in [0.3, 0.4) is 0 Å². The summed E-state index contributed by atoms with van der Waals surface area (Å²) < 4.78 is 50.9. The Morgan fingerprint density at radius 3 is 2.23 bits per heavy atom. The van der Waals surface area contributed by atoms with Crippen molar-refractivity contribution in [2.45, 2.75) is 19.3 Å². The summed E-state index contributed by atoms with van der Waals surface area (Å²) in [5.41, 5.74) is 0. The second-order valence-electron chi connectivity index (χ2n) is 3.05. The van der Waals surface area contributed by atoms with Gasteiger partial charge in [0.15, 0.2) is 6.61 Å². The fourth-order valence-electron chi connectivity index (χ4n) is 1.01. The Hall–Kier alpha value is -0.810. The minimum atomic E-state index is -4.54. The van der Waals surface area contributed by atoms with Crippen LogP contribution >= 0.6 is 0 Å². The molecule has 0 amide bonds. The van der Waals surface area contributed by atoms with Gasteiger partial charge in [-0.15, -0.1) is 0 Å². The largest absolute Gasteiger partial charge is 0.456 e. The maximum atomic E-state index is 12.5. The molecule has 0 aliphatic heterocycles. The van der Waals surface area contributed by atoms with Gasteiger partial charge in [-0.1, -0.05) is 6.92 Å². The third-order valence-corrected chi connectivity index (χ3v) is 1.92. The van der Waals surface area contributed by atoms with E-state index in [2.05, 4.69) is 4.74 Å². The maximum Gasteiger partial charge on any atom is 0.422 e. The van der Waals surface area contributed by atoms with Crippen LogP contribution in [0.15, 0.2) is 0 Å². The van der Waals surface area contributed by atoms with Gasteiger partial charge in [0.2, 0.25) is 0 Å². The van der Waals surface area contributed by atoms with Crippen molar-refractivity contribution in [2.24, 2.45) is 11.8 Å². The first-order valence-electron chi connectivity index (χ1n) is 3.70. The molecule has 0 radical (unpaired) electrons. The van der Waals surface area contributed by atoms with Crippen LogP contribution in [0.1, 0.15) is 6.92 Å². The highest BCUT2D eigenvalue weighted by Crippen LogP contribution is 2.42. The van der Waals surface area contributed by atoms with Gasteiger partial charge in [0.25, 0.3) is 0 Å². The molecular formula is C7H8F4O2. The Kier molecular flexibility index (Phi) is 2.49. The number of ether oxygens (including phenoxy) is 1. The highest BCUT2D eigenvalue weighted by molar-refractivity contribution is 5.77. The molecule has 1 aliphatic carbocycles. The fraction of sp³-hybridized carbons (Fsp3) is 0.857. The van der Waals surface area contributed by atoms with Crippen molar-refractivity contribution in [1.29, 1.82) is 0 Å². The molecule has 2 nitrogen and oxygen atoms in total. The predicted octanol–water partition coefficient (Wildman–Crippen LogP) is 1.70. The van der Waals surface area contributed by atoms with Crippen molar-refractivity contribution in [3.8, 4) is 0 Å². The first kappa shape index (κ1) is 10.3. The maximum absolute atomic E-state index is 12.5. The molecule has 0 bridgehead atoms. The quantitative estimate of drug-likeness (QED) is 0.501. The van der Waals surface area contributed by atoms with E-state index in [1.807, 2.05) is 0 Å². The number of carbonyl (C=O) groups excluding carboxylic acids is 1. The van der Waals surface area contributed by atoms with Gasteiger partial charge < -0.3 is 4.74 Å². The number of hydrogen-bond donors (Lipinski definition) is 0. The standard InChI is InChI=1S/C7H8F4O2/c1-3-4(5(3)8)6(12)13-2-7(9,10)11/h3-5H,2H2,1H3/t3?,4-,5?/m0/s1. The molecule has 0 aromatic rings. The minimum Gasteiger partial charge on any atom is -0.456 e. The Morgan fingerprint density at radius 1 is 1.46 bits per heavy atom. The van der Waals surface area contributed by atoms with Gasteiger partial charge in [-0.05, 0) is 0 Å². The number of rotatable bonds is 2. The van der Waals surface area contributed by atoms with E-state index in [1.54, 1.807) is 0 Å². The normalized spacial score (nSPS) is 32.8. The molecule has 3 atom stereocenters. The zero-order valence-corrected chi connectivity index (χ0v) is 6.77. The first-order valence-corrected chi connectivity index (χ1v) is 3.70. The summed E-state index contributed by atoms with van der Waals surface area (Å²) in [5.74, 6) is -2.61. The highest BCUT2D eigenvalue weighted by atomic mass is 19.4. The van der Waals surface area contributed by atoms with Gasteiger partial charge in [-0.3, -0.25) is 4.79 Å². The summed E-state index contributed by atoms with van der Waals surface area (Å²) in [6.07, 6.45) is -5.89. The van der Waals surface area contributed by atoms with Crippen molar-refractivity contribution < 1.29 is 27.1 Å². The Labute approximate surface area is 71.9 Å². The van der Waals surface area contributed by atoms with Crippen LogP contribution in [0.25, 0.3) is 0 Å². The molecule has 1 rings (SSSR count). The zero-order valence-electron chi connectivity index (χ0n) is 6.77. The molecule has 0 heterocycles. The third-order valence-electron chi connectivity index (χ3n) is 1.92. The van der Waals surface area contributed by atoms with Gasteiger partial charge in [0.1, 0.15) is 6.17 Å². The summed E-state index contributed by atoms with van der Waals surface area (Å²) >= 11 is 0. The molecule has 6 heteroatoms. The summed E-state index contributed by atoms with van der Waals surface area (Å²) in [7, 11) is 0. The lowest BCUT2D eigenvalue weighted by atomic mass is 10.3. The van der Waals surface area contributed by atoms with Crippen molar-refractivity contribution in [2.75, 3.05) is 6.61 Å². The van der Waals surface area contributed by atoms with E-state index < -0.39 is 36.8 Å². The van der Waals surface area contributed by atoms with E-state index in [1.165, 1.54) is 6.92 Å². The van der Waals surface area contributed by atoms with E-state index >= 15 is 0 Å². The molecule has 76 valence electrons. The fourth-order valence-corrected chi connectivity index (χ4v) is 1.01. The summed E-state index contributed by atoms with van der Waals surface area (Å²) in [6, 6.07) is 0. The molecule has 0 N–H and O–H groups in total. The van der Waals surface area contributed by atoms with E-state index in [-0.39, 0.29) is 0 Å². The number of halogens is 4. The van der Waals surface area contributed by atoms with E-state index in [0.29, 0.717) is 0 Å². The SMILES string of the molecule is CC1C(F)[C@H]1C(=O)OCC(F)(F)F. The Bertz CT molecular complexity index is 205. The Balaban J connectivity index is 2.28. The highest BCUT2D eigenvalue weighted by Gasteiger charge is 2.54. The lowest BCUT2D eigenvalue weighted by Crippen LogP contribution is -2.21. The molecule has 1 fully saturated rings. The van der Waals surface area contributed by atoms with Crippen LogP contribution in [0, 0.1) is 11.8 Å². The monoisotopic (exact) mass is 200 g/mol. The molecule has 0 saturated heterocycles. The number of alkyl halides is 4. The van der Waals surface area contributed by atoms with Gasteiger partial charge in [-0.2, -0.15) is 13.2 Å². The number of esters is 1. The van der Waals surface area contributed by atoms with E-state index in [0.717, 1.165) is 0 Å². The first-order chi connectivity index (χ1) is 5.83. The number of carbonyl (C=O) groups is 1. The van der Waals surface area contributed by atoms with E-state index in [9.17, 15) is 22.4 Å². The van der Waals surface area contributed by atoms with Crippen LogP contribution in [0.4, 0.5) is 17.6 Å². The van der Waals surface area contributed by atoms with Crippen LogP contribution in [-0.2, 0) is 9.53 Å². The van der Waals surface area contributed by atoms with Crippen molar-refractivity contribution >= 4 is 5.97 Å².